The molecule has 1 aromatic carbocycles. The molecule has 1 aliphatic carbocycles. The number of carbonyl (C=O) groups is 3. The molecule has 4 rings (SSSR count). The fraction of sp³-hybridized carbons (Fsp3) is 0.556. The molecule has 15 heteroatoms. The first-order valence-corrected chi connectivity index (χ1v) is 15.9. The van der Waals surface area contributed by atoms with Crippen LogP contribution >= 0.6 is 11.6 Å². The van der Waals surface area contributed by atoms with Gasteiger partial charge in [-0.25, -0.2) is 22.4 Å². The standard InChI is InChI=1S/C27H34ClFN4O8S/c1-27(2,3)41-26(38)31-19(8-10-42(4,39)40)24(35)30-14-7-9-32(12-14)22-18(29)11-16-21(20(22)28)33(15-5-6-15)13-17(23(16)34)25(36)37/h11,13-15,19H,5-10,12H2,1-4H3,(H,30,35)(H,31,38)(H,36,37). The number of aromatic nitrogens is 1. The molecule has 1 saturated heterocycles. The van der Waals surface area contributed by atoms with Crippen LogP contribution in [0.3, 0.4) is 0 Å². The quantitative estimate of drug-likeness (QED) is 0.379. The van der Waals surface area contributed by atoms with Gasteiger partial charge < -0.3 is 29.9 Å². The van der Waals surface area contributed by atoms with E-state index in [1.165, 1.54) is 6.20 Å². The second kappa shape index (κ2) is 11.7. The summed E-state index contributed by atoms with van der Waals surface area (Å²) >= 11 is 6.71. The van der Waals surface area contributed by atoms with Crippen molar-refractivity contribution in [2.75, 3.05) is 30.0 Å². The fourth-order valence-electron chi connectivity index (χ4n) is 4.95. The van der Waals surface area contributed by atoms with Crippen LogP contribution in [0.4, 0.5) is 14.9 Å². The highest BCUT2D eigenvalue weighted by atomic mass is 35.5. The first-order chi connectivity index (χ1) is 19.4. The number of halogens is 2. The van der Waals surface area contributed by atoms with Gasteiger partial charge in [-0.15, -0.1) is 0 Å². The lowest BCUT2D eigenvalue weighted by molar-refractivity contribution is -0.123. The molecule has 2 atom stereocenters. The summed E-state index contributed by atoms with van der Waals surface area (Å²) in [6, 6.07) is -0.748. The lowest BCUT2D eigenvalue weighted by atomic mass is 10.1. The minimum Gasteiger partial charge on any atom is -0.477 e. The maximum absolute atomic E-state index is 15.5. The molecule has 2 amide bonds. The lowest BCUT2D eigenvalue weighted by Crippen LogP contribution is -2.51. The van der Waals surface area contributed by atoms with E-state index in [9.17, 15) is 32.7 Å². The smallest absolute Gasteiger partial charge is 0.408 e. The van der Waals surface area contributed by atoms with Crippen LogP contribution < -0.4 is 21.0 Å². The third-order valence-electron chi connectivity index (χ3n) is 6.99. The highest BCUT2D eigenvalue weighted by Crippen LogP contribution is 2.42. The van der Waals surface area contributed by atoms with Crippen LogP contribution in [0.5, 0.6) is 0 Å². The molecule has 0 spiro atoms. The molecule has 3 N–H and O–H groups in total. The number of hydrogen-bond donors (Lipinski definition) is 3. The zero-order chi connectivity index (χ0) is 31.1. The van der Waals surface area contributed by atoms with Crippen LogP contribution in [0.2, 0.25) is 5.02 Å². The Morgan fingerprint density at radius 1 is 1.24 bits per heavy atom. The predicted molar refractivity (Wildman–Crippen MR) is 155 cm³/mol. The second-order valence-electron chi connectivity index (χ2n) is 11.8. The van der Waals surface area contributed by atoms with E-state index in [-0.39, 0.29) is 46.4 Å². The molecule has 42 heavy (non-hydrogen) atoms. The first-order valence-electron chi connectivity index (χ1n) is 13.5. The van der Waals surface area contributed by atoms with E-state index in [1.807, 2.05) is 0 Å². The Bertz CT molecular complexity index is 1600. The molecule has 2 aliphatic rings. The zero-order valence-corrected chi connectivity index (χ0v) is 25.3. The molecule has 1 aliphatic heterocycles. The lowest BCUT2D eigenvalue weighted by Gasteiger charge is -2.25. The third-order valence-corrected chi connectivity index (χ3v) is 8.33. The molecule has 1 aromatic heterocycles. The summed E-state index contributed by atoms with van der Waals surface area (Å²) in [6.45, 7) is 5.38. The number of aromatic carboxylic acids is 1. The Balaban J connectivity index is 1.56. The number of nitrogens with one attached hydrogen (secondary N) is 2. The summed E-state index contributed by atoms with van der Waals surface area (Å²) in [5, 5.41) is 14.6. The van der Waals surface area contributed by atoms with E-state index in [2.05, 4.69) is 10.6 Å². The van der Waals surface area contributed by atoms with Gasteiger partial charge in [0.25, 0.3) is 0 Å². The minimum atomic E-state index is -3.43. The van der Waals surface area contributed by atoms with Crippen molar-refractivity contribution >= 4 is 56.0 Å². The Kier molecular flexibility index (Phi) is 8.79. The van der Waals surface area contributed by atoms with E-state index >= 15 is 4.39 Å². The SMILES string of the molecule is CC(C)(C)OC(=O)NC(CCS(C)(=O)=O)C(=O)NC1CCN(c2c(F)cc3c(=O)c(C(=O)O)cn(C4CC4)c3c2Cl)C1. The highest BCUT2D eigenvalue weighted by molar-refractivity contribution is 7.90. The fourth-order valence-corrected chi connectivity index (χ4v) is 6.02. The number of carboxylic acids is 1. The zero-order valence-electron chi connectivity index (χ0n) is 23.7. The first kappa shape index (κ1) is 31.5. The van der Waals surface area contributed by atoms with Crippen LogP contribution in [-0.2, 0) is 19.4 Å². The van der Waals surface area contributed by atoms with Crippen molar-refractivity contribution in [3.63, 3.8) is 0 Å². The number of anilines is 1. The van der Waals surface area contributed by atoms with Gasteiger partial charge >= 0.3 is 12.1 Å². The summed E-state index contributed by atoms with van der Waals surface area (Å²) in [5.41, 5.74) is -1.85. The number of carboxylic acid groups (broad SMARTS) is 1. The maximum atomic E-state index is 15.5. The normalized spacial score (nSPS) is 18.1. The van der Waals surface area contributed by atoms with Crippen molar-refractivity contribution in [1.82, 2.24) is 15.2 Å². The molecule has 2 aromatic rings. The average molecular weight is 629 g/mol. The molecular formula is C27H34ClFN4O8S. The number of benzene rings is 1. The van der Waals surface area contributed by atoms with Crippen LogP contribution in [0, 0.1) is 5.82 Å². The monoisotopic (exact) mass is 628 g/mol. The minimum absolute atomic E-state index is 0.0262. The van der Waals surface area contributed by atoms with Gasteiger partial charge in [-0.2, -0.15) is 0 Å². The summed E-state index contributed by atoms with van der Waals surface area (Å²) in [4.78, 5) is 51.6. The van der Waals surface area contributed by atoms with Crippen molar-refractivity contribution in [2.24, 2.45) is 0 Å². The van der Waals surface area contributed by atoms with Crippen molar-refractivity contribution in [3.8, 4) is 0 Å². The molecule has 0 radical (unpaired) electrons. The third kappa shape index (κ3) is 7.33. The van der Waals surface area contributed by atoms with E-state index in [1.54, 1.807) is 30.2 Å². The number of hydrogen-bond acceptors (Lipinski definition) is 8. The summed E-state index contributed by atoms with van der Waals surface area (Å²) in [7, 11) is -3.43. The van der Waals surface area contributed by atoms with Gasteiger partial charge in [0.15, 0.2) is 0 Å². The molecule has 12 nitrogen and oxygen atoms in total. The molecule has 1 saturated carbocycles. The molecule has 0 bridgehead atoms. The Labute approximate surface area is 247 Å². The summed E-state index contributed by atoms with van der Waals surface area (Å²) in [6.07, 6.45) is 3.13. The van der Waals surface area contributed by atoms with Gasteiger partial charge in [0, 0.05) is 37.6 Å². The topological polar surface area (TPSA) is 164 Å². The number of rotatable bonds is 9. The number of ether oxygens (including phenoxy) is 1. The summed E-state index contributed by atoms with van der Waals surface area (Å²) in [5.74, 6) is -3.18. The van der Waals surface area contributed by atoms with Crippen LogP contribution in [0.1, 0.15) is 62.9 Å². The molecular weight excluding hydrogens is 595 g/mol. The number of nitrogens with zero attached hydrogens (tertiary/aromatic N) is 2. The van der Waals surface area contributed by atoms with Crippen molar-refractivity contribution < 1.29 is 37.0 Å². The number of fused-ring (bicyclic) bond motifs is 1. The van der Waals surface area contributed by atoms with Crippen molar-refractivity contribution in [2.45, 2.75) is 70.2 Å². The van der Waals surface area contributed by atoms with Crippen LogP contribution in [0.15, 0.2) is 17.1 Å². The summed E-state index contributed by atoms with van der Waals surface area (Å²) < 4.78 is 45.8. The van der Waals surface area contributed by atoms with E-state index < -0.39 is 62.3 Å². The van der Waals surface area contributed by atoms with Gasteiger partial charge in [-0.1, -0.05) is 11.6 Å². The Morgan fingerprint density at radius 3 is 2.48 bits per heavy atom. The van der Waals surface area contributed by atoms with Crippen molar-refractivity contribution in [1.29, 1.82) is 0 Å². The van der Waals surface area contributed by atoms with Gasteiger partial charge in [0.2, 0.25) is 11.3 Å². The molecule has 2 heterocycles. The molecule has 2 fully saturated rings. The maximum Gasteiger partial charge on any atom is 0.408 e. The number of sulfone groups is 1. The number of alkyl carbamates (subject to hydrolysis) is 1. The molecule has 230 valence electrons. The highest BCUT2D eigenvalue weighted by Gasteiger charge is 2.34. The van der Waals surface area contributed by atoms with Gasteiger partial charge in [-0.3, -0.25) is 9.59 Å². The Morgan fingerprint density at radius 2 is 1.90 bits per heavy atom. The Hall–Kier alpha value is -3.39. The number of amides is 2. The molecule has 2 unspecified atom stereocenters. The van der Waals surface area contributed by atoms with Crippen LogP contribution in [-0.4, -0.2) is 78.8 Å². The second-order valence-corrected chi connectivity index (χ2v) is 14.4. The van der Waals surface area contributed by atoms with Gasteiger partial charge in [0.1, 0.15) is 32.9 Å². The van der Waals surface area contributed by atoms with E-state index in [0.29, 0.717) is 13.0 Å². The number of carbonyl (C=O) groups excluding carboxylic acids is 2. The average Bonchev–Trinajstić information content (AvgIpc) is 3.59. The van der Waals surface area contributed by atoms with Gasteiger partial charge in [0.05, 0.1) is 27.4 Å². The van der Waals surface area contributed by atoms with E-state index in [0.717, 1.165) is 25.2 Å². The predicted octanol–water partition coefficient (Wildman–Crippen LogP) is 2.85. The van der Waals surface area contributed by atoms with Gasteiger partial charge in [-0.05, 0) is 52.5 Å². The number of pyridine rings is 1. The van der Waals surface area contributed by atoms with Crippen LogP contribution in [0.25, 0.3) is 10.9 Å². The van der Waals surface area contributed by atoms with E-state index in [4.69, 9.17) is 16.3 Å². The largest absolute Gasteiger partial charge is 0.477 e. The van der Waals surface area contributed by atoms with Crippen molar-refractivity contribution in [3.05, 3.63) is 38.9 Å².